The fraction of sp³-hybridized carbons (Fsp3) is 0.667. The van der Waals surface area contributed by atoms with Crippen LogP contribution in [-0.2, 0) is 6.54 Å². The monoisotopic (exact) mass is 331 g/mol. The van der Waals surface area contributed by atoms with E-state index in [0.717, 1.165) is 69.4 Å². The number of piperidine rings is 1. The van der Waals surface area contributed by atoms with Crippen molar-refractivity contribution in [2.45, 2.75) is 26.3 Å². The van der Waals surface area contributed by atoms with Gasteiger partial charge in [0.2, 0.25) is 0 Å². The molecule has 2 aliphatic heterocycles. The second kappa shape index (κ2) is 7.83. The summed E-state index contributed by atoms with van der Waals surface area (Å²) < 4.78 is 0. The average Bonchev–Trinajstić information content (AvgIpc) is 2.61. The molecule has 1 N–H and O–H groups in total. The number of amides is 2. The van der Waals surface area contributed by atoms with Crippen LogP contribution in [0.3, 0.4) is 0 Å². The fourth-order valence-electron chi connectivity index (χ4n) is 3.37. The molecule has 2 aliphatic rings. The van der Waals surface area contributed by atoms with E-state index in [1.54, 1.807) is 0 Å². The molecule has 24 heavy (non-hydrogen) atoms. The van der Waals surface area contributed by atoms with E-state index in [4.69, 9.17) is 0 Å². The van der Waals surface area contributed by atoms with Crippen LogP contribution in [-0.4, -0.2) is 67.1 Å². The molecule has 0 atom stereocenters. The van der Waals surface area contributed by atoms with Gasteiger partial charge >= 0.3 is 6.03 Å². The molecule has 0 bridgehead atoms. The number of nitrogens with one attached hydrogen (secondary N) is 1. The zero-order chi connectivity index (χ0) is 16.9. The maximum Gasteiger partial charge on any atom is 0.317 e. The highest BCUT2D eigenvalue weighted by molar-refractivity contribution is 5.74. The third-order valence-electron chi connectivity index (χ3n) is 5.17. The Labute approximate surface area is 144 Å². The normalized spacial score (nSPS) is 20.2. The van der Waals surface area contributed by atoms with E-state index in [9.17, 15) is 4.79 Å². The minimum atomic E-state index is 0.0510. The first-order valence-electron chi connectivity index (χ1n) is 9.03. The molecule has 0 aromatic carbocycles. The zero-order valence-electron chi connectivity index (χ0n) is 14.9. The highest BCUT2D eigenvalue weighted by Gasteiger charge is 2.21. The molecule has 132 valence electrons. The predicted molar refractivity (Wildman–Crippen MR) is 96.2 cm³/mol. The van der Waals surface area contributed by atoms with Crippen LogP contribution in [0.15, 0.2) is 18.3 Å². The van der Waals surface area contributed by atoms with Crippen molar-refractivity contribution in [3.05, 3.63) is 23.9 Å². The highest BCUT2D eigenvalue weighted by atomic mass is 16.2. The van der Waals surface area contributed by atoms with E-state index in [2.05, 4.69) is 40.1 Å². The molecule has 0 radical (unpaired) electrons. The van der Waals surface area contributed by atoms with Crippen molar-refractivity contribution in [1.82, 2.24) is 20.1 Å². The number of rotatable bonds is 3. The summed E-state index contributed by atoms with van der Waals surface area (Å²) in [6.45, 7) is 8.60. The summed E-state index contributed by atoms with van der Waals surface area (Å²) >= 11 is 0. The van der Waals surface area contributed by atoms with Crippen LogP contribution in [0.2, 0.25) is 0 Å². The summed E-state index contributed by atoms with van der Waals surface area (Å²) in [5.41, 5.74) is 1.10. The Morgan fingerprint density at radius 2 is 1.92 bits per heavy atom. The Hall–Kier alpha value is -1.82. The van der Waals surface area contributed by atoms with Gasteiger partial charge in [-0.3, -0.25) is 0 Å². The number of piperazine rings is 1. The molecule has 6 heteroatoms. The number of anilines is 1. The van der Waals surface area contributed by atoms with Crippen LogP contribution in [0.25, 0.3) is 0 Å². The largest absolute Gasteiger partial charge is 0.354 e. The third kappa shape index (κ3) is 4.17. The smallest absolute Gasteiger partial charge is 0.317 e. The van der Waals surface area contributed by atoms with Gasteiger partial charge in [-0.1, -0.05) is 13.0 Å². The van der Waals surface area contributed by atoms with Crippen LogP contribution in [0.5, 0.6) is 0 Å². The number of likely N-dealkylation sites (tertiary alicyclic amines) is 1. The molecular weight excluding hydrogens is 302 g/mol. The molecule has 3 heterocycles. The number of hydrogen-bond donors (Lipinski definition) is 1. The zero-order valence-corrected chi connectivity index (χ0v) is 14.9. The first kappa shape index (κ1) is 17.0. The second-order valence-corrected chi connectivity index (χ2v) is 7.10. The molecule has 0 spiro atoms. The quantitative estimate of drug-likeness (QED) is 0.917. The standard InChI is InChI=1S/C18H29N5O/c1-15-5-8-23(9-6-15)18(24)20-14-16-4-3-7-19-17(16)22-12-10-21(2)11-13-22/h3-4,7,15H,5-6,8-14H2,1-2H3,(H,20,24). The minimum absolute atomic E-state index is 0.0510. The van der Waals surface area contributed by atoms with Gasteiger partial charge in [0.15, 0.2) is 0 Å². The van der Waals surface area contributed by atoms with Crippen molar-refractivity contribution >= 4 is 11.8 Å². The maximum atomic E-state index is 12.4. The first-order chi connectivity index (χ1) is 11.6. The van der Waals surface area contributed by atoms with Crippen LogP contribution in [0.4, 0.5) is 10.6 Å². The van der Waals surface area contributed by atoms with E-state index in [1.807, 2.05) is 17.2 Å². The van der Waals surface area contributed by atoms with Gasteiger partial charge in [0.25, 0.3) is 0 Å². The number of hydrogen-bond acceptors (Lipinski definition) is 4. The lowest BCUT2D eigenvalue weighted by Crippen LogP contribution is -2.46. The van der Waals surface area contributed by atoms with Gasteiger partial charge in [0.1, 0.15) is 5.82 Å². The van der Waals surface area contributed by atoms with Crippen molar-refractivity contribution in [2.75, 3.05) is 51.2 Å². The van der Waals surface area contributed by atoms with E-state index in [0.29, 0.717) is 6.54 Å². The number of pyridine rings is 1. The van der Waals surface area contributed by atoms with Gasteiger partial charge in [-0.05, 0) is 31.9 Å². The molecule has 2 amide bonds. The second-order valence-electron chi connectivity index (χ2n) is 7.10. The van der Waals surface area contributed by atoms with Crippen LogP contribution < -0.4 is 10.2 Å². The molecule has 0 unspecified atom stereocenters. The highest BCUT2D eigenvalue weighted by Crippen LogP contribution is 2.19. The summed E-state index contributed by atoms with van der Waals surface area (Å²) in [4.78, 5) is 23.5. The molecule has 0 aliphatic carbocycles. The fourth-order valence-corrected chi connectivity index (χ4v) is 3.37. The summed E-state index contributed by atoms with van der Waals surface area (Å²) in [6, 6.07) is 4.07. The van der Waals surface area contributed by atoms with Crippen molar-refractivity contribution in [2.24, 2.45) is 5.92 Å². The lowest BCUT2D eigenvalue weighted by Gasteiger charge is -2.34. The Bertz CT molecular complexity index is 548. The molecule has 3 rings (SSSR count). The van der Waals surface area contributed by atoms with E-state index < -0.39 is 0 Å². The molecule has 2 saturated heterocycles. The Morgan fingerprint density at radius 3 is 2.62 bits per heavy atom. The lowest BCUT2D eigenvalue weighted by atomic mass is 10.00. The average molecular weight is 331 g/mol. The van der Waals surface area contributed by atoms with Gasteiger partial charge in [-0.15, -0.1) is 0 Å². The number of likely N-dealkylation sites (N-methyl/N-ethyl adjacent to an activating group) is 1. The first-order valence-corrected chi connectivity index (χ1v) is 9.03. The molecular formula is C18H29N5O. The Morgan fingerprint density at radius 1 is 1.21 bits per heavy atom. The van der Waals surface area contributed by atoms with E-state index in [1.165, 1.54) is 0 Å². The summed E-state index contributed by atoms with van der Waals surface area (Å²) in [5.74, 6) is 1.74. The van der Waals surface area contributed by atoms with Gasteiger partial charge in [-0.2, -0.15) is 0 Å². The van der Waals surface area contributed by atoms with Crippen LogP contribution >= 0.6 is 0 Å². The lowest BCUT2D eigenvalue weighted by molar-refractivity contribution is 0.173. The van der Waals surface area contributed by atoms with Gasteiger partial charge < -0.3 is 20.0 Å². The van der Waals surface area contributed by atoms with E-state index in [-0.39, 0.29) is 6.03 Å². The van der Waals surface area contributed by atoms with Gasteiger partial charge in [0.05, 0.1) is 0 Å². The van der Waals surface area contributed by atoms with E-state index >= 15 is 0 Å². The third-order valence-corrected chi connectivity index (χ3v) is 5.17. The summed E-state index contributed by atoms with van der Waals surface area (Å²) in [5, 5.41) is 3.08. The molecule has 1 aromatic heterocycles. The number of nitrogens with zero attached hydrogens (tertiary/aromatic N) is 4. The number of aromatic nitrogens is 1. The molecule has 0 saturated carbocycles. The SMILES string of the molecule is CC1CCN(C(=O)NCc2cccnc2N2CCN(C)CC2)CC1. The number of carbonyl (C=O) groups excluding carboxylic acids is 1. The van der Waals surface area contributed by atoms with Crippen molar-refractivity contribution in [1.29, 1.82) is 0 Å². The van der Waals surface area contributed by atoms with Crippen molar-refractivity contribution < 1.29 is 4.79 Å². The van der Waals surface area contributed by atoms with Crippen LogP contribution in [0, 0.1) is 5.92 Å². The number of urea groups is 1. The van der Waals surface area contributed by atoms with Gasteiger partial charge in [0, 0.05) is 57.6 Å². The summed E-state index contributed by atoms with van der Waals surface area (Å²) in [6.07, 6.45) is 4.05. The van der Waals surface area contributed by atoms with Crippen molar-refractivity contribution in [3.8, 4) is 0 Å². The molecule has 2 fully saturated rings. The van der Waals surface area contributed by atoms with Gasteiger partial charge in [-0.25, -0.2) is 9.78 Å². The van der Waals surface area contributed by atoms with Crippen molar-refractivity contribution in [3.63, 3.8) is 0 Å². The maximum absolute atomic E-state index is 12.4. The number of carbonyl (C=O) groups is 1. The Balaban J connectivity index is 1.58. The minimum Gasteiger partial charge on any atom is -0.354 e. The topological polar surface area (TPSA) is 51.7 Å². The predicted octanol–water partition coefficient (Wildman–Crippen LogP) is 1.77. The summed E-state index contributed by atoms with van der Waals surface area (Å²) in [7, 11) is 2.15. The Kier molecular flexibility index (Phi) is 5.56. The molecule has 1 aromatic rings. The van der Waals surface area contributed by atoms with Crippen LogP contribution in [0.1, 0.15) is 25.3 Å². The molecule has 6 nitrogen and oxygen atoms in total.